The number of aldehydes is 1. The van der Waals surface area contributed by atoms with Gasteiger partial charge in [-0.05, 0) is 36.0 Å². The van der Waals surface area contributed by atoms with Crippen LogP contribution in [0.2, 0.25) is 0 Å². The molecule has 0 radical (unpaired) electrons. The minimum atomic E-state index is 0.570. The summed E-state index contributed by atoms with van der Waals surface area (Å²) in [4.78, 5) is 10.7. The third-order valence-electron chi connectivity index (χ3n) is 2.74. The van der Waals surface area contributed by atoms with E-state index in [1.807, 2.05) is 6.07 Å². The van der Waals surface area contributed by atoms with E-state index in [2.05, 4.69) is 23.4 Å². The number of aryl methyl sites for hydroxylation is 1. The Balaban J connectivity index is 2.20. The van der Waals surface area contributed by atoms with Gasteiger partial charge in [0.2, 0.25) is 0 Å². The van der Waals surface area contributed by atoms with Gasteiger partial charge < -0.3 is 0 Å². The summed E-state index contributed by atoms with van der Waals surface area (Å²) in [6.45, 7) is 2.21. The average Bonchev–Trinajstić information content (AvgIpc) is 2.71. The summed E-state index contributed by atoms with van der Waals surface area (Å²) in [7, 11) is 0. The van der Waals surface area contributed by atoms with Crippen LogP contribution in [-0.2, 0) is 6.42 Å². The number of aromatic nitrogens is 1. The van der Waals surface area contributed by atoms with E-state index in [4.69, 9.17) is 0 Å². The molecule has 2 aromatic rings. The van der Waals surface area contributed by atoms with Crippen molar-refractivity contribution in [2.24, 2.45) is 0 Å². The lowest BCUT2D eigenvalue weighted by atomic mass is 10.1. The Morgan fingerprint density at radius 3 is 3.00 bits per heavy atom. The summed E-state index contributed by atoms with van der Waals surface area (Å²) in [5, 5.41) is 0.985. The molecule has 2 rings (SSSR count). The van der Waals surface area contributed by atoms with Crippen LogP contribution >= 0.6 is 11.5 Å². The molecule has 0 N–H and O–H groups in total. The normalized spacial score (nSPS) is 10.8. The number of hydrogen-bond acceptors (Lipinski definition) is 3. The van der Waals surface area contributed by atoms with Crippen LogP contribution in [-0.4, -0.2) is 10.7 Å². The molecule has 0 fully saturated rings. The van der Waals surface area contributed by atoms with Crippen LogP contribution in [0.3, 0.4) is 0 Å². The first-order valence-corrected chi connectivity index (χ1v) is 6.46. The zero-order valence-corrected chi connectivity index (χ0v) is 10.2. The van der Waals surface area contributed by atoms with Crippen LogP contribution in [0.1, 0.15) is 42.2 Å². The second-order valence-electron chi connectivity index (χ2n) is 3.97. The molecule has 0 aliphatic carbocycles. The molecular formula is C13H15NOS. The third-order valence-corrected chi connectivity index (χ3v) is 3.57. The summed E-state index contributed by atoms with van der Waals surface area (Å²) < 4.78 is 5.25. The highest BCUT2D eigenvalue weighted by atomic mass is 32.1. The molecule has 2 nitrogen and oxygen atoms in total. The molecule has 84 valence electrons. The van der Waals surface area contributed by atoms with Crippen LogP contribution in [0.15, 0.2) is 18.2 Å². The standard InChI is InChI=1S/C13H15NOS/c1-2-3-4-5-10-6-7-11-12(9-15)14-16-13(11)8-10/h6-9H,2-5H2,1H3. The summed E-state index contributed by atoms with van der Waals surface area (Å²) in [5.74, 6) is 0. The highest BCUT2D eigenvalue weighted by Crippen LogP contribution is 2.23. The van der Waals surface area contributed by atoms with Gasteiger partial charge in [-0.1, -0.05) is 31.9 Å². The van der Waals surface area contributed by atoms with E-state index in [1.54, 1.807) is 0 Å². The van der Waals surface area contributed by atoms with Crippen molar-refractivity contribution in [2.45, 2.75) is 32.6 Å². The highest BCUT2D eigenvalue weighted by molar-refractivity contribution is 7.13. The van der Waals surface area contributed by atoms with Crippen LogP contribution in [0.4, 0.5) is 0 Å². The average molecular weight is 233 g/mol. The summed E-state index contributed by atoms with van der Waals surface area (Å²) in [6, 6.07) is 6.29. The Morgan fingerprint density at radius 1 is 1.38 bits per heavy atom. The molecule has 0 saturated carbocycles. The lowest BCUT2D eigenvalue weighted by molar-refractivity contribution is 0.112. The molecule has 1 aromatic heterocycles. The predicted octanol–water partition coefficient (Wildman–Crippen LogP) is 3.84. The van der Waals surface area contributed by atoms with Crippen molar-refractivity contribution < 1.29 is 4.79 Å². The minimum absolute atomic E-state index is 0.570. The topological polar surface area (TPSA) is 30.0 Å². The Morgan fingerprint density at radius 2 is 2.25 bits per heavy atom. The Kier molecular flexibility index (Phi) is 3.67. The first kappa shape index (κ1) is 11.3. The van der Waals surface area contributed by atoms with Gasteiger partial charge in [0.05, 0.1) is 4.70 Å². The summed E-state index contributed by atoms with van der Waals surface area (Å²) in [5.41, 5.74) is 1.92. The number of rotatable bonds is 5. The van der Waals surface area contributed by atoms with Crippen LogP contribution in [0.25, 0.3) is 10.1 Å². The van der Waals surface area contributed by atoms with E-state index >= 15 is 0 Å². The quantitative estimate of drug-likeness (QED) is 0.580. The largest absolute Gasteiger partial charge is 0.296 e. The van der Waals surface area contributed by atoms with Crippen molar-refractivity contribution in [1.29, 1.82) is 0 Å². The molecule has 1 heterocycles. The molecule has 0 saturated heterocycles. The van der Waals surface area contributed by atoms with Gasteiger partial charge in [-0.25, -0.2) is 0 Å². The van der Waals surface area contributed by atoms with Crippen molar-refractivity contribution in [3.8, 4) is 0 Å². The van der Waals surface area contributed by atoms with Crippen molar-refractivity contribution >= 4 is 27.9 Å². The molecule has 3 heteroatoms. The van der Waals surface area contributed by atoms with Crippen molar-refractivity contribution in [1.82, 2.24) is 4.37 Å². The first-order chi connectivity index (χ1) is 7.85. The zero-order valence-electron chi connectivity index (χ0n) is 9.40. The van der Waals surface area contributed by atoms with E-state index < -0.39 is 0 Å². The van der Waals surface area contributed by atoms with E-state index in [0.717, 1.165) is 22.8 Å². The molecule has 0 spiro atoms. The zero-order chi connectivity index (χ0) is 11.4. The maximum absolute atomic E-state index is 10.7. The Hall–Kier alpha value is -1.22. The lowest BCUT2D eigenvalue weighted by Crippen LogP contribution is -1.85. The van der Waals surface area contributed by atoms with Crippen molar-refractivity contribution in [2.75, 3.05) is 0 Å². The number of hydrogen-bond donors (Lipinski definition) is 0. The molecule has 0 atom stereocenters. The number of carbonyl (C=O) groups excluding carboxylic acids is 1. The highest BCUT2D eigenvalue weighted by Gasteiger charge is 2.05. The van der Waals surface area contributed by atoms with Gasteiger partial charge in [0.1, 0.15) is 5.69 Å². The van der Waals surface area contributed by atoms with Crippen LogP contribution < -0.4 is 0 Å². The molecule has 0 unspecified atom stereocenters. The number of carbonyl (C=O) groups is 1. The summed E-state index contributed by atoms with van der Waals surface area (Å²) in [6.07, 6.45) is 5.72. The second kappa shape index (κ2) is 5.21. The Bertz CT molecular complexity index is 490. The summed E-state index contributed by atoms with van der Waals surface area (Å²) >= 11 is 1.41. The van der Waals surface area contributed by atoms with Crippen molar-refractivity contribution in [3.05, 3.63) is 29.5 Å². The van der Waals surface area contributed by atoms with Gasteiger partial charge in [0.15, 0.2) is 6.29 Å². The molecule has 0 aliphatic rings. The van der Waals surface area contributed by atoms with Gasteiger partial charge in [0, 0.05) is 5.39 Å². The number of unbranched alkanes of at least 4 members (excludes halogenated alkanes) is 2. The van der Waals surface area contributed by atoms with Gasteiger partial charge in [-0.3, -0.25) is 4.79 Å². The van der Waals surface area contributed by atoms with Crippen LogP contribution in [0.5, 0.6) is 0 Å². The number of nitrogens with zero attached hydrogens (tertiary/aromatic N) is 1. The Labute approximate surface area is 99.5 Å². The first-order valence-electron chi connectivity index (χ1n) is 5.68. The fourth-order valence-corrected chi connectivity index (χ4v) is 2.63. The fourth-order valence-electron chi connectivity index (χ4n) is 1.82. The predicted molar refractivity (Wildman–Crippen MR) is 68.2 cm³/mol. The van der Waals surface area contributed by atoms with Gasteiger partial charge >= 0.3 is 0 Å². The molecule has 0 bridgehead atoms. The van der Waals surface area contributed by atoms with Gasteiger partial charge in [-0.15, -0.1) is 0 Å². The molecule has 0 amide bonds. The second-order valence-corrected chi connectivity index (χ2v) is 4.78. The maximum Gasteiger partial charge on any atom is 0.170 e. The van der Waals surface area contributed by atoms with E-state index in [-0.39, 0.29) is 0 Å². The maximum atomic E-state index is 10.7. The molecule has 0 aliphatic heterocycles. The molecular weight excluding hydrogens is 218 g/mol. The lowest BCUT2D eigenvalue weighted by Gasteiger charge is -2.00. The minimum Gasteiger partial charge on any atom is -0.296 e. The molecule has 16 heavy (non-hydrogen) atoms. The van der Waals surface area contributed by atoms with Crippen molar-refractivity contribution in [3.63, 3.8) is 0 Å². The smallest absolute Gasteiger partial charge is 0.170 e. The van der Waals surface area contributed by atoms with E-state index in [0.29, 0.717) is 5.69 Å². The molecule has 1 aromatic carbocycles. The van der Waals surface area contributed by atoms with E-state index in [1.165, 1.54) is 36.4 Å². The van der Waals surface area contributed by atoms with Gasteiger partial charge in [-0.2, -0.15) is 4.37 Å². The number of fused-ring (bicyclic) bond motifs is 1. The van der Waals surface area contributed by atoms with Crippen LogP contribution in [0, 0.1) is 0 Å². The number of benzene rings is 1. The van der Waals surface area contributed by atoms with E-state index in [9.17, 15) is 4.79 Å². The fraction of sp³-hybridized carbons (Fsp3) is 0.385. The third kappa shape index (κ3) is 2.30. The SMILES string of the molecule is CCCCCc1ccc2c(C=O)nsc2c1. The van der Waals surface area contributed by atoms with Gasteiger partial charge in [0.25, 0.3) is 0 Å². The monoisotopic (exact) mass is 233 g/mol.